The van der Waals surface area contributed by atoms with Crippen molar-refractivity contribution < 1.29 is 4.79 Å². The smallest absolute Gasteiger partial charge is 0.231 e. The molecular weight excluding hydrogens is 202 g/mol. The van der Waals surface area contributed by atoms with Gasteiger partial charge in [-0.3, -0.25) is 9.69 Å². The van der Waals surface area contributed by atoms with Crippen LogP contribution in [-0.4, -0.2) is 17.9 Å². The Hall–Kier alpha value is -1.58. The number of hydrogen-bond donors (Lipinski definition) is 1. The third-order valence-electron chi connectivity index (χ3n) is 2.80. The fourth-order valence-corrected chi connectivity index (χ4v) is 1.71. The average Bonchev–Trinajstić information content (AvgIpc) is 2.30. The number of nitrogens with two attached hydrogens (primary N) is 1. The van der Waals surface area contributed by atoms with Gasteiger partial charge in [0.15, 0.2) is 5.82 Å². The molecule has 2 N–H and O–H groups in total. The van der Waals surface area contributed by atoms with Crippen molar-refractivity contribution in [2.24, 2.45) is 5.92 Å². The number of carbonyl (C=O) groups is 1. The monoisotopic (exact) mass is 221 g/mol. The summed E-state index contributed by atoms with van der Waals surface area (Å²) in [5.41, 5.74) is 6.32. The number of anilines is 2. The van der Waals surface area contributed by atoms with E-state index in [1.807, 2.05) is 13.8 Å². The number of aromatic nitrogens is 1. The van der Waals surface area contributed by atoms with Crippen molar-refractivity contribution in [3.8, 4) is 0 Å². The minimum Gasteiger partial charge on any atom is -0.396 e. The van der Waals surface area contributed by atoms with Crippen molar-refractivity contribution in [1.29, 1.82) is 0 Å². The molecule has 4 nitrogen and oxygen atoms in total. The Kier molecular flexibility index (Phi) is 4.28. The predicted molar refractivity (Wildman–Crippen MR) is 66.1 cm³/mol. The van der Waals surface area contributed by atoms with Crippen LogP contribution in [0.2, 0.25) is 0 Å². The largest absolute Gasteiger partial charge is 0.396 e. The summed E-state index contributed by atoms with van der Waals surface area (Å²) in [7, 11) is 1.72. The Morgan fingerprint density at radius 1 is 1.50 bits per heavy atom. The van der Waals surface area contributed by atoms with Crippen LogP contribution in [0.3, 0.4) is 0 Å². The second kappa shape index (κ2) is 5.49. The molecule has 0 aliphatic rings. The van der Waals surface area contributed by atoms with Crippen molar-refractivity contribution >= 4 is 17.4 Å². The molecule has 1 heterocycles. The topological polar surface area (TPSA) is 59.2 Å². The first-order valence-corrected chi connectivity index (χ1v) is 5.59. The molecule has 0 spiro atoms. The Morgan fingerprint density at radius 2 is 2.12 bits per heavy atom. The quantitative estimate of drug-likeness (QED) is 0.846. The fraction of sp³-hybridized carbons (Fsp3) is 0.500. The van der Waals surface area contributed by atoms with E-state index >= 15 is 0 Å². The molecule has 0 fully saturated rings. The van der Waals surface area contributed by atoms with Gasteiger partial charge in [-0.15, -0.1) is 0 Å². The number of amides is 1. The molecule has 0 radical (unpaired) electrons. The summed E-state index contributed by atoms with van der Waals surface area (Å²) in [6, 6.07) is 3.51. The summed E-state index contributed by atoms with van der Waals surface area (Å²) in [4.78, 5) is 17.8. The zero-order valence-electron chi connectivity index (χ0n) is 10.1. The van der Waals surface area contributed by atoms with Gasteiger partial charge in [-0.2, -0.15) is 0 Å². The lowest BCUT2D eigenvalue weighted by atomic mass is 10.0. The van der Waals surface area contributed by atoms with Gasteiger partial charge in [-0.25, -0.2) is 4.98 Å². The normalized spacial score (nSPS) is 10.5. The van der Waals surface area contributed by atoms with E-state index in [2.05, 4.69) is 4.98 Å². The predicted octanol–water partition coefficient (Wildman–Crippen LogP) is 2.06. The lowest BCUT2D eigenvalue weighted by Gasteiger charge is -2.22. The zero-order chi connectivity index (χ0) is 12.1. The molecule has 1 amide bonds. The summed E-state index contributed by atoms with van der Waals surface area (Å²) >= 11 is 0. The van der Waals surface area contributed by atoms with Crippen LogP contribution in [-0.2, 0) is 4.79 Å². The van der Waals surface area contributed by atoms with E-state index in [0.29, 0.717) is 11.5 Å². The molecule has 0 aromatic carbocycles. The molecule has 1 aromatic heterocycles. The van der Waals surface area contributed by atoms with Gasteiger partial charge in [0.05, 0.1) is 5.69 Å². The first kappa shape index (κ1) is 12.5. The maximum atomic E-state index is 12.1. The highest BCUT2D eigenvalue weighted by Gasteiger charge is 2.21. The first-order chi connectivity index (χ1) is 7.61. The van der Waals surface area contributed by atoms with Crippen LogP contribution in [0.25, 0.3) is 0 Å². The highest BCUT2D eigenvalue weighted by atomic mass is 16.2. The van der Waals surface area contributed by atoms with Gasteiger partial charge in [0.1, 0.15) is 0 Å². The van der Waals surface area contributed by atoms with Crippen LogP contribution in [0.1, 0.15) is 26.7 Å². The molecule has 88 valence electrons. The van der Waals surface area contributed by atoms with Crippen LogP contribution in [0.5, 0.6) is 0 Å². The van der Waals surface area contributed by atoms with E-state index in [0.717, 1.165) is 12.8 Å². The Morgan fingerprint density at radius 3 is 2.62 bits per heavy atom. The van der Waals surface area contributed by atoms with Gasteiger partial charge < -0.3 is 5.73 Å². The van der Waals surface area contributed by atoms with Crippen LogP contribution < -0.4 is 10.6 Å². The third-order valence-corrected chi connectivity index (χ3v) is 2.80. The molecule has 0 saturated carbocycles. The van der Waals surface area contributed by atoms with E-state index in [1.54, 1.807) is 30.3 Å². The maximum Gasteiger partial charge on any atom is 0.231 e. The molecule has 4 heteroatoms. The van der Waals surface area contributed by atoms with E-state index in [4.69, 9.17) is 5.73 Å². The van der Waals surface area contributed by atoms with Gasteiger partial charge in [0, 0.05) is 19.2 Å². The van der Waals surface area contributed by atoms with Crippen molar-refractivity contribution in [2.45, 2.75) is 26.7 Å². The molecular formula is C12H19N3O. The molecule has 16 heavy (non-hydrogen) atoms. The van der Waals surface area contributed by atoms with E-state index in [1.165, 1.54) is 0 Å². The lowest BCUT2D eigenvalue weighted by molar-refractivity contribution is -0.122. The van der Waals surface area contributed by atoms with E-state index < -0.39 is 0 Å². The summed E-state index contributed by atoms with van der Waals surface area (Å²) in [6.45, 7) is 4.03. The summed E-state index contributed by atoms with van der Waals surface area (Å²) in [6.07, 6.45) is 3.32. The third kappa shape index (κ3) is 2.51. The van der Waals surface area contributed by atoms with E-state index in [-0.39, 0.29) is 11.8 Å². The Labute approximate surface area is 96.5 Å². The average molecular weight is 221 g/mol. The maximum absolute atomic E-state index is 12.1. The fourth-order valence-electron chi connectivity index (χ4n) is 1.71. The lowest BCUT2D eigenvalue weighted by Crippen LogP contribution is -2.33. The second-order valence-electron chi connectivity index (χ2n) is 3.83. The highest BCUT2D eigenvalue weighted by molar-refractivity contribution is 5.95. The van der Waals surface area contributed by atoms with E-state index in [9.17, 15) is 4.79 Å². The number of carbonyl (C=O) groups excluding carboxylic acids is 1. The first-order valence-electron chi connectivity index (χ1n) is 5.59. The Balaban J connectivity index is 2.90. The van der Waals surface area contributed by atoms with Crippen LogP contribution in [0, 0.1) is 5.92 Å². The molecule has 0 aliphatic heterocycles. The molecule has 0 atom stereocenters. The van der Waals surface area contributed by atoms with Crippen LogP contribution in [0.15, 0.2) is 18.3 Å². The van der Waals surface area contributed by atoms with Gasteiger partial charge >= 0.3 is 0 Å². The van der Waals surface area contributed by atoms with Crippen LogP contribution in [0.4, 0.5) is 11.5 Å². The van der Waals surface area contributed by atoms with Crippen molar-refractivity contribution in [2.75, 3.05) is 17.7 Å². The Bertz CT molecular complexity index is 361. The number of nitrogens with zero attached hydrogens (tertiary/aromatic N) is 2. The SMILES string of the molecule is CCC(CC)C(=O)N(C)c1ncccc1N. The molecule has 0 saturated heterocycles. The minimum absolute atomic E-state index is 0.0476. The molecule has 0 aliphatic carbocycles. The van der Waals surface area contributed by atoms with Gasteiger partial charge in [-0.1, -0.05) is 13.8 Å². The number of hydrogen-bond acceptors (Lipinski definition) is 3. The van der Waals surface area contributed by atoms with Gasteiger partial charge in [0.25, 0.3) is 0 Å². The molecule has 0 bridgehead atoms. The number of nitrogen functional groups attached to an aromatic ring is 1. The summed E-state index contributed by atoms with van der Waals surface area (Å²) < 4.78 is 0. The van der Waals surface area contributed by atoms with Gasteiger partial charge in [-0.05, 0) is 25.0 Å². The molecule has 0 unspecified atom stereocenters. The summed E-state index contributed by atoms with van der Waals surface area (Å²) in [5.74, 6) is 0.668. The standard InChI is InChI=1S/C12H19N3O/c1-4-9(5-2)12(16)15(3)11-10(13)7-6-8-14-11/h6-9H,4-5,13H2,1-3H3. The summed E-state index contributed by atoms with van der Waals surface area (Å²) in [5, 5.41) is 0. The van der Waals surface area contributed by atoms with Gasteiger partial charge in [0.2, 0.25) is 5.91 Å². The molecule has 1 rings (SSSR count). The highest BCUT2D eigenvalue weighted by Crippen LogP contribution is 2.21. The van der Waals surface area contributed by atoms with Crippen molar-refractivity contribution in [3.05, 3.63) is 18.3 Å². The van der Waals surface area contributed by atoms with Crippen molar-refractivity contribution in [1.82, 2.24) is 4.98 Å². The number of rotatable bonds is 4. The minimum atomic E-state index is 0.0476. The zero-order valence-corrected chi connectivity index (χ0v) is 10.1. The number of pyridine rings is 1. The second-order valence-corrected chi connectivity index (χ2v) is 3.83. The van der Waals surface area contributed by atoms with Crippen LogP contribution >= 0.6 is 0 Å². The van der Waals surface area contributed by atoms with Crippen molar-refractivity contribution in [3.63, 3.8) is 0 Å². The molecule has 1 aromatic rings.